The molecule has 3 aromatic rings. The molecule has 27 heavy (non-hydrogen) atoms. The molecule has 3 atom stereocenters. The van der Waals surface area contributed by atoms with Crippen LogP contribution in [0.2, 0.25) is 0 Å². The first-order valence-corrected chi connectivity index (χ1v) is 10.3. The van der Waals surface area contributed by atoms with Crippen LogP contribution in [0.3, 0.4) is 0 Å². The van der Waals surface area contributed by atoms with E-state index in [9.17, 15) is 10.2 Å². The van der Waals surface area contributed by atoms with E-state index in [1.54, 1.807) is 11.3 Å². The van der Waals surface area contributed by atoms with Crippen molar-refractivity contribution in [2.45, 2.75) is 31.5 Å². The first-order valence-electron chi connectivity index (χ1n) is 9.38. The van der Waals surface area contributed by atoms with Crippen molar-refractivity contribution in [3.05, 3.63) is 82.0 Å². The minimum Gasteiger partial charge on any atom is -0.395 e. The van der Waals surface area contributed by atoms with Gasteiger partial charge in [-0.25, -0.2) is 0 Å². The van der Waals surface area contributed by atoms with E-state index in [1.807, 2.05) is 18.2 Å². The Hall–Kier alpha value is -1.98. The van der Waals surface area contributed by atoms with Crippen molar-refractivity contribution in [3.8, 4) is 11.1 Å². The van der Waals surface area contributed by atoms with Crippen molar-refractivity contribution in [1.29, 1.82) is 0 Å². The number of thiophene rings is 1. The van der Waals surface area contributed by atoms with Crippen LogP contribution < -0.4 is 0 Å². The summed E-state index contributed by atoms with van der Waals surface area (Å²) in [4.78, 5) is 3.48. The number of nitrogens with zero attached hydrogens (tertiary/aromatic N) is 1. The molecule has 3 nitrogen and oxygen atoms in total. The lowest BCUT2D eigenvalue weighted by Crippen LogP contribution is -2.37. The van der Waals surface area contributed by atoms with Crippen LogP contribution in [-0.2, 0) is 6.54 Å². The summed E-state index contributed by atoms with van der Waals surface area (Å²) in [6.07, 6.45) is -0.551. The average molecular weight is 380 g/mol. The lowest BCUT2D eigenvalue weighted by Gasteiger charge is -2.23. The van der Waals surface area contributed by atoms with E-state index in [2.05, 4.69) is 59.7 Å². The third-order valence-corrected chi connectivity index (χ3v) is 6.52. The molecular formula is C23H25NO2S. The van der Waals surface area contributed by atoms with Gasteiger partial charge in [0, 0.05) is 23.9 Å². The molecule has 1 aliphatic rings. The maximum Gasteiger partial charge on any atom is 0.0798 e. The molecule has 4 heteroatoms. The minimum absolute atomic E-state index is 0.0273. The topological polar surface area (TPSA) is 43.7 Å². The van der Waals surface area contributed by atoms with Crippen molar-refractivity contribution in [2.24, 2.45) is 0 Å². The zero-order chi connectivity index (χ0) is 18.8. The van der Waals surface area contributed by atoms with Gasteiger partial charge in [0.05, 0.1) is 18.8 Å². The molecule has 0 saturated carbocycles. The predicted molar refractivity (Wildman–Crippen MR) is 111 cm³/mol. The summed E-state index contributed by atoms with van der Waals surface area (Å²) in [7, 11) is 0. The Balaban J connectivity index is 1.53. The summed E-state index contributed by atoms with van der Waals surface area (Å²) in [5.74, 6) is 0.0388. The van der Waals surface area contributed by atoms with Gasteiger partial charge >= 0.3 is 0 Å². The highest BCUT2D eigenvalue weighted by Crippen LogP contribution is 2.36. The monoisotopic (exact) mass is 379 g/mol. The Labute approximate surface area is 164 Å². The first-order chi connectivity index (χ1) is 13.2. The lowest BCUT2D eigenvalue weighted by atomic mass is 9.90. The van der Waals surface area contributed by atoms with E-state index in [0.717, 1.165) is 13.1 Å². The molecule has 0 unspecified atom stereocenters. The van der Waals surface area contributed by atoms with Crippen LogP contribution in [0.1, 0.15) is 21.9 Å². The van der Waals surface area contributed by atoms with E-state index in [4.69, 9.17) is 0 Å². The van der Waals surface area contributed by atoms with Crippen molar-refractivity contribution in [3.63, 3.8) is 0 Å². The maximum absolute atomic E-state index is 10.9. The molecule has 0 bridgehead atoms. The van der Waals surface area contributed by atoms with Crippen molar-refractivity contribution >= 4 is 11.3 Å². The normalized spacial score (nSPS) is 23.0. The number of aliphatic hydroxyl groups excluding tert-OH is 2. The fourth-order valence-electron chi connectivity index (χ4n) is 4.12. The third-order valence-electron chi connectivity index (χ3n) is 5.60. The first kappa shape index (κ1) is 18.4. The van der Waals surface area contributed by atoms with E-state index in [0.29, 0.717) is 0 Å². The number of hydrogen-bond donors (Lipinski definition) is 2. The van der Waals surface area contributed by atoms with Crippen LogP contribution in [0.25, 0.3) is 11.1 Å². The number of benzene rings is 2. The predicted octanol–water partition coefficient (Wildman–Crippen LogP) is 4.04. The molecule has 1 fully saturated rings. The molecule has 0 radical (unpaired) electrons. The van der Waals surface area contributed by atoms with Gasteiger partial charge in [-0.15, -0.1) is 11.3 Å². The fraction of sp³-hybridized carbons (Fsp3) is 0.304. The zero-order valence-corrected chi connectivity index (χ0v) is 16.3. The van der Waals surface area contributed by atoms with Crippen molar-refractivity contribution in [2.75, 3.05) is 13.2 Å². The second-order valence-electron chi connectivity index (χ2n) is 7.30. The minimum atomic E-state index is -0.551. The summed E-state index contributed by atoms with van der Waals surface area (Å²) in [5.41, 5.74) is 4.83. The van der Waals surface area contributed by atoms with Crippen molar-refractivity contribution < 1.29 is 10.2 Å². The van der Waals surface area contributed by atoms with E-state index < -0.39 is 6.10 Å². The molecular weight excluding hydrogens is 354 g/mol. The smallest absolute Gasteiger partial charge is 0.0798 e. The number of aryl methyl sites for hydroxylation is 1. The molecule has 140 valence electrons. The van der Waals surface area contributed by atoms with Gasteiger partial charge in [0.15, 0.2) is 0 Å². The Morgan fingerprint density at radius 3 is 2.52 bits per heavy atom. The zero-order valence-electron chi connectivity index (χ0n) is 15.5. The maximum atomic E-state index is 10.9. The van der Waals surface area contributed by atoms with E-state index in [-0.39, 0.29) is 18.6 Å². The van der Waals surface area contributed by atoms with Gasteiger partial charge in [-0.2, -0.15) is 0 Å². The second kappa shape index (κ2) is 7.95. The molecule has 2 heterocycles. The van der Waals surface area contributed by atoms with Gasteiger partial charge in [0.2, 0.25) is 0 Å². The largest absolute Gasteiger partial charge is 0.395 e. The number of aliphatic hydroxyl groups is 2. The van der Waals surface area contributed by atoms with E-state index >= 15 is 0 Å². The van der Waals surface area contributed by atoms with Crippen molar-refractivity contribution in [1.82, 2.24) is 4.90 Å². The average Bonchev–Trinajstić information content (AvgIpc) is 3.28. The van der Waals surface area contributed by atoms with Crippen LogP contribution in [0.15, 0.2) is 66.0 Å². The van der Waals surface area contributed by atoms with Crippen LogP contribution >= 0.6 is 11.3 Å². The SMILES string of the molecule is Cc1ccccc1[C@H]1CN(Cc2cc(-c3ccccc3)cs2)[C@H](CO)[C@@H]1O. The Morgan fingerprint density at radius 2 is 1.78 bits per heavy atom. The second-order valence-corrected chi connectivity index (χ2v) is 8.30. The van der Waals surface area contributed by atoms with Crippen LogP contribution in [0.5, 0.6) is 0 Å². The molecule has 1 aliphatic heterocycles. The van der Waals surface area contributed by atoms with Gasteiger partial charge in [-0.1, -0.05) is 54.6 Å². The van der Waals surface area contributed by atoms with Crippen LogP contribution in [0, 0.1) is 6.92 Å². The van der Waals surface area contributed by atoms with Gasteiger partial charge in [-0.3, -0.25) is 4.90 Å². The Bertz CT molecular complexity index is 892. The third kappa shape index (κ3) is 3.71. The Morgan fingerprint density at radius 1 is 1.04 bits per heavy atom. The number of rotatable bonds is 5. The summed E-state index contributed by atoms with van der Waals surface area (Å²) >= 11 is 1.74. The highest BCUT2D eigenvalue weighted by molar-refractivity contribution is 7.10. The number of hydrogen-bond acceptors (Lipinski definition) is 4. The van der Waals surface area contributed by atoms with Gasteiger partial charge in [0.25, 0.3) is 0 Å². The standard InChI is InChI=1S/C23H25NO2S/c1-16-7-5-6-10-20(16)21-13-24(22(14-25)23(21)26)12-19-11-18(15-27-19)17-8-3-2-4-9-17/h2-11,15,21-23,25-26H,12-14H2,1H3/t21-,22-,23-/m1/s1. The van der Waals surface area contributed by atoms with Gasteiger partial charge < -0.3 is 10.2 Å². The lowest BCUT2D eigenvalue weighted by molar-refractivity contribution is 0.0644. The summed E-state index contributed by atoms with van der Waals surface area (Å²) in [6.45, 7) is 3.57. The van der Waals surface area contributed by atoms with Crippen LogP contribution in [-0.4, -0.2) is 40.4 Å². The molecule has 0 spiro atoms. The highest BCUT2D eigenvalue weighted by Gasteiger charge is 2.41. The van der Waals surface area contributed by atoms with Gasteiger partial charge in [-0.05, 0) is 40.6 Å². The summed E-state index contributed by atoms with van der Waals surface area (Å²) < 4.78 is 0. The summed E-state index contributed by atoms with van der Waals surface area (Å²) in [5, 5.41) is 22.9. The Kier molecular flexibility index (Phi) is 5.41. The molecule has 0 amide bonds. The summed E-state index contributed by atoms with van der Waals surface area (Å²) in [6, 6.07) is 20.6. The molecule has 0 aliphatic carbocycles. The van der Waals surface area contributed by atoms with Gasteiger partial charge in [0.1, 0.15) is 0 Å². The molecule has 1 saturated heterocycles. The molecule has 4 rings (SSSR count). The molecule has 2 N–H and O–H groups in total. The van der Waals surface area contributed by atoms with E-state index in [1.165, 1.54) is 27.1 Å². The number of likely N-dealkylation sites (tertiary alicyclic amines) is 1. The molecule has 1 aromatic heterocycles. The fourth-order valence-corrected chi connectivity index (χ4v) is 5.03. The van der Waals surface area contributed by atoms with Crippen LogP contribution in [0.4, 0.5) is 0 Å². The molecule has 2 aromatic carbocycles. The highest BCUT2D eigenvalue weighted by atomic mass is 32.1. The quantitative estimate of drug-likeness (QED) is 0.703.